The van der Waals surface area contributed by atoms with Crippen LogP contribution < -0.4 is 0 Å². The summed E-state index contributed by atoms with van der Waals surface area (Å²) in [7, 11) is -3.84. The second-order valence-corrected chi connectivity index (χ2v) is 5.88. The Kier molecular flexibility index (Phi) is 4.20. The van der Waals surface area contributed by atoms with Crippen LogP contribution in [0.4, 0.5) is 5.69 Å². The number of aromatic nitrogens is 1. The minimum Gasteiger partial charge on any atom is -0.392 e. The number of nitro groups is 1. The quantitative estimate of drug-likeness (QED) is 0.668. The highest BCUT2D eigenvalue weighted by atomic mass is 32.2. The summed E-state index contributed by atoms with van der Waals surface area (Å²) in [5.74, 6) is 0. The van der Waals surface area contributed by atoms with Gasteiger partial charge in [0.15, 0.2) is 0 Å². The van der Waals surface area contributed by atoms with Gasteiger partial charge in [0.2, 0.25) is 0 Å². The van der Waals surface area contributed by atoms with Crippen LogP contribution in [-0.2, 0) is 10.0 Å². The molecule has 21 heavy (non-hydrogen) atoms. The van der Waals surface area contributed by atoms with E-state index in [2.05, 4.69) is 0 Å². The fraction of sp³-hybridized carbons (Fsp3) is 0.0769. The topological polar surface area (TPSA) is 102 Å². The zero-order valence-corrected chi connectivity index (χ0v) is 11.6. The predicted molar refractivity (Wildman–Crippen MR) is 76.2 cm³/mol. The van der Waals surface area contributed by atoms with Gasteiger partial charge in [0.05, 0.1) is 22.1 Å². The Balaban J connectivity index is 2.45. The predicted octanol–water partition coefficient (Wildman–Crippen LogP) is 1.64. The molecule has 7 nitrogen and oxygen atoms in total. The molecule has 8 heteroatoms. The largest absolute Gasteiger partial charge is 0.392 e. The van der Waals surface area contributed by atoms with E-state index < -0.39 is 14.9 Å². The maximum atomic E-state index is 12.5. The maximum absolute atomic E-state index is 12.5. The average Bonchev–Trinajstić information content (AvgIpc) is 2.94. The first-order valence-corrected chi connectivity index (χ1v) is 7.35. The van der Waals surface area contributed by atoms with Gasteiger partial charge in [-0.15, -0.1) is 0 Å². The molecular weight excluding hydrogens is 296 g/mol. The van der Waals surface area contributed by atoms with Crippen LogP contribution in [-0.4, -0.2) is 29.0 Å². The third-order valence-electron chi connectivity index (χ3n) is 2.74. The lowest BCUT2D eigenvalue weighted by Crippen LogP contribution is -2.13. The molecule has 0 unspecified atom stereocenters. The van der Waals surface area contributed by atoms with Gasteiger partial charge in [0, 0.05) is 18.3 Å². The van der Waals surface area contributed by atoms with E-state index in [4.69, 9.17) is 5.11 Å². The number of rotatable bonds is 5. The Bertz CT molecular complexity index is 775. The number of aliphatic hydroxyl groups is 1. The van der Waals surface area contributed by atoms with Gasteiger partial charge in [-0.05, 0) is 30.3 Å². The van der Waals surface area contributed by atoms with Crippen LogP contribution in [0.3, 0.4) is 0 Å². The van der Waals surface area contributed by atoms with E-state index in [-0.39, 0.29) is 17.2 Å². The molecule has 1 N–H and O–H groups in total. The van der Waals surface area contributed by atoms with Crippen LogP contribution >= 0.6 is 0 Å². The van der Waals surface area contributed by atoms with Gasteiger partial charge >= 0.3 is 0 Å². The number of non-ortho nitro benzene ring substituents is 1. The molecule has 0 bridgehead atoms. The Morgan fingerprint density at radius 3 is 2.48 bits per heavy atom. The molecule has 0 radical (unpaired) electrons. The number of nitro benzene ring substituents is 1. The lowest BCUT2D eigenvalue weighted by molar-refractivity contribution is -0.384. The second-order valence-electron chi connectivity index (χ2n) is 4.07. The molecule has 0 saturated heterocycles. The first kappa shape index (κ1) is 14.9. The second kappa shape index (κ2) is 5.90. The van der Waals surface area contributed by atoms with Gasteiger partial charge in [-0.1, -0.05) is 6.08 Å². The Morgan fingerprint density at radius 1 is 1.24 bits per heavy atom. The first-order chi connectivity index (χ1) is 9.96. The molecule has 0 saturated carbocycles. The van der Waals surface area contributed by atoms with E-state index in [1.165, 1.54) is 30.5 Å². The molecule has 0 spiro atoms. The van der Waals surface area contributed by atoms with Gasteiger partial charge in [0.1, 0.15) is 0 Å². The monoisotopic (exact) mass is 308 g/mol. The minimum atomic E-state index is -3.84. The van der Waals surface area contributed by atoms with Crippen molar-refractivity contribution in [1.82, 2.24) is 3.97 Å². The fourth-order valence-corrected chi connectivity index (χ4v) is 3.09. The van der Waals surface area contributed by atoms with E-state index >= 15 is 0 Å². The number of aliphatic hydroxyl groups excluding tert-OH is 1. The van der Waals surface area contributed by atoms with Crippen molar-refractivity contribution < 1.29 is 18.4 Å². The molecule has 1 aromatic heterocycles. The number of hydrogen-bond acceptors (Lipinski definition) is 5. The molecule has 0 atom stereocenters. The van der Waals surface area contributed by atoms with Crippen LogP contribution in [0.5, 0.6) is 0 Å². The van der Waals surface area contributed by atoms with Crippen LogP contribution in [0.1, 0.15) is 5.69 Å². The molecule has 2 rings (SSSR count). The molecule has 0 fully saturated rings. The van der Waals surface area contributed by atoms with Crippen molar-refractivity contribution in [3.8, 4) is 0 Å². The normalized spacial score (nSPS) is 11.9. The molecule has 0 aliphatic heterocycles. The third-order valence-corrected chi connectivity index (χ3v) is 4.46. The zero-order chi connectivity index (χ0) is 15.5. The highest BCUT2D eigenvalue weighted by Crippen LogP contribution is 2.20. The van der Waals surface area contributed by atoms with Crippen molar-refractivity contribution in [1.29, 1.82) is 0 Å². The number of hydrogen-bond donors (Lipinski definition) is 1. The molecule has 1 heterocycles. The number of nitrogens with zero attached hydrogens (tertiary/aromatic N) is 2. The Labute approximate surface area is 121 Å². The molecule has 0 amide bonds. The van der Waals surface area contributed by atoms with Crippen LogP contribution in [0.25, 0.3) is 6.08 Å². The fourth-order valence-electron chi connectivity index (χ4n) is 1.75. The lowest BCUT2D eigenvalue weighted by Gasteiger charge is -2.08. The van der Waals surface area contributed by atoms with Crippen LogP contribution in [0.2, 0.25) is 0 Å². The molecule has 0 aliphatic carbocycles. The van der Waals surface area contributed by atoms with Crippen LogP contribution in [0.15, 0.2) is 53.6 Å². The number of benzene rings is 1. The SMILES string of the molecule is O=[N+]([O-])c1ccc(S(=O)(=O)n2cccc2/C=C\CO)cc1. The van der Waals surface area contributed by atoms with E-state index in [0.717, 1.165) is 16.1 Å². The summed E-state index contributed by atoms with van der Waals surface area (Å²) in [6, 6.07) is 7.79. The van der Waals surface area contributed by atoms with Gasteiger partial charge in [-0.2, -0.15) is 0 Å². The van der Waals surface area contributed by atoms with Crippen molar-refractivity contribution in [3.05, 3.63) is 64.5 Å². The summed E-state index contributed by atoms with van der Waals surface area (Å²) >= 11 is 0. The van der Waals surface area contributed by atoms with E-state index in [1.54, 1.807) is 12.1 Å². The van der Waals surface area contributed by atoms with E-state index in [9.17, 15) is 18.5 Å². The van der Waals surface area contributed by atoms with E-state index in [1.807, 2.05) is 0 Å². The average molecular weight is 308 g/mol. The van der Waals surface area contributed by atoms with Crippen molar-refractivity contribution in [2.45, 2.75) is 4.90 Å². The summed E-state index contributed by atoms with van der Waals surface area (Å²) in [5.41, 5.74) is 0.198. The molecule has 110 valence electrons. The smallest absolute Gasteiger partial charge is 0.269 e. The highest BCUT2D eigenvalue weighted by Gasteiger charge is 2.19. The van der Waals surface area contributed by atoms with Crippen molar-refractivity contribution >= 4 is 21.8 Å². The lowest BCUT2D eigenvalue weighted by atomic mass is 10.3. The standard InChI is InChI=1S/C13H12N2O5S/c16-10-2-4-11-3-1-9-14(11)21(19,20)13-7-5-12(6-8-13)15(17)18/h1-9,16H,10H2/b4-2-. The van der Waals surface area contributed by atoms with Crippen molar-refractivity contribution in [2.75, 3.05) is 6.61 Å². The Morgan fingerprint density at radius 2 is 1.90 bits per heavy atom. The minimum absolute atomic E-state index is 0.0528. The summed E-state index contributed by atoms with van der Waals surface area (Å²) < 4.78 is 26.0. The summed E-state index contributed by atoms with van der Waals surface area (Å²) in [6.45, 7) is -0.206. The van der Waals surface area contributed by atoms with Crippen LogP contribution in [0, 0.1) is 10.1 Å². The van der Waals surface area contributed by atoms with Gasteiger partial charge in [-0.3, -0.25) is 10.1 Å². The first-order valence-electron chi connectivity index (χ1n) is 5.91. The molecule has 1 aromatic carbocycles. The molecular formula is C13H12N2O5S. The highest BCUT2D eigenvalue weighted by molar-refractivity contribution is 7.90. The van der Waals surface area contributed by atoms with E-state index in [0.29, 0.717) is 5.69 Å². The Hall–Kier alpha value is -2.45. The van der Waals surface area contributed by atoms with Gasteiger partial charge in [-0.25, -0.2) is 12.4 Å². The summed E-state index contributed by atoms with van der Waals surface area (Å²) in [6.07, 6.45) is 4.26. The molecule has 2 aromatic rings. The van der Waals surface area contributed by atoms with Crippen molar-refractivity contribution in [2.24, 2.45) is 0 Å². The van der Waals surface area contributed by atoms with Gasteiger partial charge in [0.25, 0.3) is 15.7 Å². The summed E-state index contributed by atoms with van der Waals surface area (Å²) in [5, 5.41) is 19.3. The summed E-state index contributed by atoms with van der Waals surface area (Å²) in [4.78, 5) is 9.93. The maximum Gasteiger partial charge on any atom is 0.269 e. The molecule has 0 aliphatic rings. The van der Waals surface area contributed by atoms with Gasteiger partial charge < -0.3 is 5.11 Å². The zero-order valence-electron chi connectivity index (χ0n) is 10.8. The van der Waals surface area contributed by atoms with Crippen molar-refractivity contribution in [3.63, 3.8) is 0 Å². The third kappa shape index (κ3) is 3.01.